The number of rotatable bonds is 3. The highest BCUT2D eigenvalue weighted by molar-refractivity contribution is 6.30. The molecule has 1 aliphatic heterocycles. The number of nitrogens with zero attached hydrogens (tertiary/aromatic N) is 3. The van der Waals surface area contributed by atoms with E-state index in [4.69, 9.17) is 11.6 Å². The molecule has 1 saturated heterocycles. The first kappa shape index (κ1) is 16.5. The Labute approximate surface area is 144 Å². The van der Waals surface area contributed by atoms with Crippen molar-refractivity contribution in [2.24, 2.45) is 5.92 Å². The molecule has 0 aliphatic carbocycles. The highest BCUT2D eigenvalue weighted by atomic mass is 35.5. The summed E-state index contributed by atoms with van der Waals surface area (Å²) in [7, 11) is 0. The molecule has 1 aromatic carbocycles. The van der Waals surface area contributed by atoms with Gasteiger partial charge >= 0.3 is 5.97 Å². The van der Waals surface area contributed by atoms with E-state index in [1.807, 2.05) is 12.1 Å². The molecule has 1 amide bonds. The minimum atomic E-state index is -0.855. The Morgan fingerprint density at radius 1 is 1.29 bits per heavy atom. The topological polar surface area (TPSA) is 75.4 Å². The number of carboxylic acids is 1. The first-order chi connectivity index (χ1) is 11.4. The number of aryl methyl sites for hydroxylation is 1. The lowest BCUT2D eigenvalue weighted by Gasteiger charge is -2.22. The summed E-state index contributed by atoms with van der Waals surface area (Å²) in [6.45, 7) is 4.00. The summed E-state index contributed by atoms with van der Waals surface area (Å²) in [6, 6.07) is 6.84. The smallest absolute Gasteiger partial charge is 0.308 e. The van der Waals surface area contributed by atoms with Crippen molar-refractivity contribution < 1.29 is 14.7 Å². The summed E-state index contributed by atoms with van der Waals surface area (Å²) >= 11 is 5.89. The second-order valence-corrected chi connectivity index (χ2v) is 6.46. The van der Waals surface area contributed by atoms with Crippen LogP contribution < -0.4 is 0 Å². The average molecular weight is 348 g/mol. The predicted octanol–water partition coefficient (Wildman–Crippen LogP) is 2.77. The van der Waals surface area contributed by atoms with Crippen molar-refractivity contribution in [3.8, 4) is 5.69 Å². The Morgan fingerprint density at radius 3 is 2.54 bits per heavy atom. The fourth-order valence-electron chi connectivity index (χ4n) is 3.11. The van der Waals surface area contributed by atoms with Gasteiger partial charge in [0, 0.05) is 23.8 Å². The van der Waals surface area contributed by atoms with E-state index in [1.165, 1.54) is 0 Å². The van der Waals surface area contributed by atoms with Gasteiger partial charge in [-0.05, 0) is 44.5 Å². The summed E-state index contributed by atoms with van der Waals surface area (Å²) in [5.41, 5.74) is 1.91. The third-order valence-electron chi connectivity index (χ3n) is 4.55. The van der Waals surface area contributed by atoms with Crippen molar-refractivity contribution in [2.75, 3.05) is 6.54 Å². The second kappa shape index (κ2) is 6.28. The highest BCUT2D eigenvalue weighted by Gasteiger charge is 2.39. The van der Waals surface area contributed by atoms with Crippen LogP contribution in [-0.4, -0.2) is 44.3 Å². The number of hydrogen-bond donors (Lipinski definition) is 1. The van der Waals surface area contributed by atoms with Crippen LogP contribution in [0.4, 0.5) is 0 Å². The fraction of sp³-hybridized carbons (Fsp3) is 0.353. The highest BCUT2D eigenvalue weighted by Crippen LogP contribution is 2.27. The van der Waals surface area contributed by atoms with E-state index in [0.29, 0.717) is 29.2 Å². The van der Waals surface area contributed by atoms with Gasteiger partial charge in [0.1, 0.15) is 0 Å². The van der Waals surface area contributed by atoms with Crippen molar-refractivity contribution in [2.45, 2.75) is 26.3 Å². The number of likely N-dealkylation sites (tertiary alicyclic amines) is 1. The van der Waals surface area contributed by atoms with Gasteiger partial charge in [-0.15, -0.1) is 0 Å². The van der Waals surface area contributed by atoms with Gasteiger partial charge in [-0.25, -0.2) is 4.68 Å². The number of benzene rings is 1. The predicted molar refractivity (Wildman–Crippen MR) is 89.6 cm³/mol. The van der Waals surface area contributed by atoms with E-state index in [2.05, 4.69) is 5.10 Å². The van der Waals surface area contributed by atoms with Crippen LogP contribution in [0.5, 0.6) is 0 Å². The zero-order chi connectivity index (χ0) is 17.4. The van der Waals surface area contributed by atoms with Gasteiger partial charge in [0.2, 0.25) is 0 Å². The fourth-order valence-corrected chi connectivity index (χ4v) is 3.23. The van der Waals surface area contributed by atoms with Crippen LogP contribution in [0.15, 0.2) is 30.5 Å². The van der Waals surface area contributed by atoms with Gasteiger partial charge in [-0.2, -0.15) is 5.10 Å². The number of aromatic nitrogens is 2. The third kappa shape index (κ3) is 2.89. The second-order valence-electron chi connectivity index (χ2n) is 6.02. The van der Waals surface area contributed by atoms with Crippen LogP contribution in [0.25, 0.3) is 5.69 Å². The molecule has 2 aromatic rings. The molecule has 6 nitrogen and oxygen atoms in total. The van der Waals surface area contributed by atoms with Crippen LogP contribution in [0.2, 0.25) is 5.02 Å². The Balaban J connectivity index is 1.86. The van der Waals surface area contributed by atoms with E-state index in [9.17, 15) is 14.7 Å². The minimum Gasteiger partial charge on any atom is -0.481 e. The Bertz CT molecular complexity index is 785. The molecular weight excluding hydrogens is 330 g/mol. The lowest BCUT2D eigenvalue weighted by atomic mass is 10.0. The number of aliphatic carboxylic acids is 1. The van der Waals surface area contributed by atoms with E-state index in [-0.39, 0.29) is 11.9 Å². The molecular formula is C17H18ClN3O3. The maximum Gasteiger partial charge on any atom is 0.308 e. The molecule has 1 N–H and O–H groups in total. The molecule has 3 rings (SSSR count). The quantitative estimate of drug-likeness (QED) is 0.926. The van der Waals surface area contributed by atoms with Crippen LogP contribution >= 0.6 is 11.6 Å². The minimum absolute atomic E-state index is 0.177. The Kier molecular flexibility index (Phi) is 4.32. The number of carbonyl (C=O) groups is 2. The normalized spacial score (nSPS) is 20.4. The van der Waals surface area contributed by atoms with Crippen molar-refractivity contribution in [1.82, 2.24) is 14.7 Å². The molecule has 0 radical (unpaired) electrons. The first-order valence-corrected chi connectivity index (χ1v) is 8.12. The lowest BCUT2D eigenvalue weighted by Crippen LogP contribution is -2.37. The summed E-state index contributed by atoms with van der Waals surface area (Å²) in [5, 5.41) is 14.2. The molecule has 0 saturated carbocycles. The molecule has 1 aromatic heterocycles. The lowest BCUT2D eigenvalue weighted by molar-refractivity contribution is -0.142. The summed E-state index contributed by atoms with van der Waals surface area (Å²) in [6.07, 6.45) is 2.16. The number of amides is 1. The molecule has 126 valence electrons. The first-order valence-electron chi connectivity index (χ1n) is 7.74. The van der Waals surface area contributed by atoms with E-state index >= 15 is 0 Å². The molecule has 7 heteroatoms. The Hall–Kier alpha value is -2.34. The summed E-state index contributed by atoms with van der Waals surface area (Å²) in [4.78, 5) is 25.7. The summed E-state index contributed by atoms with van der Waals surface area (Å²) < 4.78 is 1.63. The van der Waals surface area contributed by atoms with Gasteiger partial charge in [-0.1, -0.05) is 11.6 Å². The maximum atomic E-state index is 12.8. The SMILES string of the molecule is Cc1nn(-c2ccc(Cl)cc2)cc1C(=O)N1CCC(C(=O)O)C1C. The molecule has 2 unspecified atom stereocenters. The van der Waals surface area contributed by atoms with Crippen molar-refractivity contribution in [3.63, 3.8) is 0 Å². The molecule has 1 fully saturated rings. The van der Waals surface area contributed by atoms with E-state index in [1.54, 1.807) is 41.8 Å². The number of hydrogen-bond acceptors (Lipinski definition) is 3. The van der Waals surface area contributed by atoms with Gasteiger partial charge < -0.3 is 10.0 Å². The summed E-state index contributed by atoms with van der Waals surface area (Å²) in [5.74, 6) is -1.55. The number of halogens is 1. The molecule has 1 aliphatic rings. The zero-order valence-corrected chi connectivity index (χ0v) is 14.2. The van der Waals surface area contributed by atoms with Gasteiger partial charge in [0.15, 0.2) is 0 Å². The number of carboxylic acid groups (broad SMARTS) is 1. The van der Waals surface area contributed by atoms with Crippen molar-refractivity contribution in [1.29, 1.82) is 0 Å². The standard InChI is InChI=1S/C17H18ClN3O3/c1-10-15(9-21(19-10)13-5-3-12(18)4-6-13)16(22)20-8-7-14(11(20)2)17(23)24/h3-6,9,11,14H,7-8H2,1-2H3,(H,23,24). The van der Waals surface area contributed by atoms with Crippen molar-refractivity contribution >= 4 is 23.5 Å². The Morgan fingerprint density at radius 2 is 1.96 bits per heavy atom. The average Bonchev–Trinajstić information content (AvgIpc) is 3.11. The van der Waals surface area contributed by atoms with Crippen molar-refractivity contribution in [3.05, 3.63) is 46.7 Å². The van der Waals surface area contributed by atoms with Crippen LogP contribution in [-0.2, 0) is 4.79 Å². The van der Waals surface area contributed by atoms with Crippen LogP contribution in [0.3, 0.4) is 0 Å². The van der Waals surface area contributed by atoms with Gasteiger partial charge in [-0.3, -0.25) is 9.59 Å². The van der Waals surface area contributed by atoms with Crippen LogP contribution in [0.1, 0.15) is 29.4 Å². The molecule has 2 atom stereocenters. The largest absolute Gasteiger partial charge is 0.481 e. The van der Waals surface area contributed by atoms with Gasteiger partial charge in [0.05, 0.1) is 22.9 Å². The van der Waals surface area contributed by atoms with E-state index < -0.39 is 11.9 Å². The third-order valence-corrected chi connectivity index (χ3v) is 4.81. The zero-order valence-electron chi connectivity index (χ0n) is 13.4. The van der Waals surface area contributed by atoms with Crippen LogP contribution in [0, 0.1) is 12.8 Å². The molecule has 24 heavy (non-hydrogen) atoms. The monoisotopic (exact) mass is 347 g/mol. The number of carbonyl (C=O) groups excluding carboxylic acids is 1. The van der Waals surface area contributed by atoms with E-state index in [0.717, 1.165) is 5.69 Å². The maximum absolute atomic E-state index is 12.8. The molecule has 0 bridgehead atoms. The molecule has 2 heterocycles. The molecule has 0 spiro atoms. The van der Waals surface area contributed by atoms with Gasteiger partial charge in [0.25, 0.3) is 5.91 Å².